The number of furan rings is 1. The van der Waals surface area contributed by atoms with Crippen molar-refractivity contribution in [1.29, 1.82) is 0 Å². The molecule has 2 aliphatic heterocycles. The van der Waals surface area contributed by atoms with Crippen LogP contribution < -0.4 is 20.8 Å². The summed E-state index contributed by atoms with van der Waals surface area (Å²) in [6, 6.07) is 66.3. The average molecular weight is 712 g/mol. The summed E-state index contributed by atoms with van der Waals surface area (Å²) in [6.07, 6.45) is 0. The normalized spacial score (nSPS) is 18.3. The first-order valence-electron chi connectivity index (χ1n) is 18.4. The smallest absolute Gasteiger partial charge is 0.171 e. The first-order chi connectivity index (χ1) is 26.6. The molecule has 0 saturated heterocycles. The summed E-state index contributed by atoms with van der Waals surface area (Å²) in [5.41, 5.74) is 11.9. The summed E-state index contributed by atoms with van der Waals surface area (Å²) in [7, 11) is -3.42. The van der Waals surface area contributed by atoms with Crippen molar-refractivity contribution in [2.45, 2.75) is 12.3 Å². The molecule has 0 amide bonds. The molecule has 256 valence electrons. The van der Waals surface area contributed by atoms with E-state index in [1.165, 1.54) is 5.56 Å². The molecule has 11 rings (SSSR count). The van der Waals surface area contributed by atoms with Crippen LogP contribution in [0.2, 0.25) is 0 Å². The summed E-state index contributed by atoms with van der Waals surface area (Å²) < 4.78 is 23.1. The highest BCUT2D eigenvalue weighted by molar-refractivity contribution is 7.85. The zero-order chi connectivity index (χ0) is 36.0. The fourth-order valence-electron chi connectivity index (χ4n) is 9.23. The van der Waals surface area contributed by atoms with Gasteiger partial charge in [-0.05, 0) is 82.8 Å². The summed E-state index contributed by atoms with van der Waals surface area (Å²) in [5, 5.41) is 4.55. The van der Waals surface area contributed by atoms with Gasteiger partial charge in [0.25, 0.3) is 0 Å². The fraction of sp³-hybridized carbons (Fsp3) is 0.0400. The van der Waals surface area contributed by atoms with Crippen LogP contribution in [0.15, 0.2) is 192 Å². The summed E-state index contributed by atoms with van der Waals surface area (Å²) in [4.78, 5) is 2.41. The van der Waals surface area contributed by atoms with Crippen LogP contribution in [-0.2, 0) is 9.98 Å². The third kappa shape index (κ3) is 4.16. The third-order valence-corrected chi connectivity index (χ3v) is 14.7. The Morgan fingerprint density at radius 3 is 1.94 bits per heavy atom. The molecule has 0 saturated carbocycles. The van der Waals surface area contributed by atoms with Gasteiger partial charge in [0.15, 0.2) is 7.14 Å². The third-order valence-electron chi connectivity index (χ3n) is 11.6. The average Bonchev–Trinajstić information content (AvgIpc) is 3.60. The van der Waals surface area contributed by atoms with Gasteiger partial charge in [0, 0.05) is 32.4 Å². The zero-order valence-electron chi connectivity index (χ0n) is 29.6. The molecular formula is C50H34NO2P. The number of hydrogen-bond acceptors (Lipinski definition) is 3. The number of aryl methyl sites for hydroxylation is 1. The molecule has 0 bridgehead atoms. The minimum Gasteiger partial charge on any atom is -0.456 e. The number of nitrogens with zero attached hydrogens (tertiary/aromatic N) is 1. The predicted octanol–water partition coefficient (Wildman–Crippen LogP) is 11.7. The molecule has 2 aliphatic rings. The van der Waals surface area contributed by atoms with E-state index in [1.807, 2.05) is 48.5 Å². The van der Waals surface area contributed by atoms with E-state index in [0.29, 0.717) is 0 Å². The van der Waals surface area contributed by atoms with Crippen molar-refractivity contribution in [1.82, 2.24) is 0 Å². The maximum absolute atomic E-state index is 16.5. The molecule has 0 N–H and O–H groups in total. The summed E-state index contributed by atoms with van der Waals surface area (Å²) in [6.45, 7) is 2.13. The van der Waals surface area contributed by atoms with Crippen LogP contribution in [0.3, 0.4) is 0 Å². The second kappa shape index (κ2) is 11.5. The highest BCUT2D eigenvalue weighted by Gasteiger charge is 2.55. The molecule has 0 aliphatic carbocycles. The Morgan fingerprint density at radius 2 is 1.13 bits per heavy atom. The van der Waals surface area contributed by atoms with E-state index in [1.54, 1.807) is 0 Å². The molecule has 9 aromatic rings. The van der Waals surface area contributed by atoms with Crippen molar-refractivity contribution < 1.29 is 8.98 Å². The molecule has 2 atom stereocenters. The lowest BCUT2D eigenvalue weighted by molar-refractivity contribution is 0.590. The monoisotopic (exact) mass is 711 g/mol. The SMILES string of the molecule is Cc1ccc(-c2ccc3c(c2)N(c2ccccc2)c2ccccc2C32c3ccccc3P(=O)(c3ccccc3)c3cc4oc5ccccc5c4cc32)cc1. The minimum absolute atomic E-state index is 0.741. The van der Waals surface area contributed by atoms with Crippen molar-refractivity contribution in [3.05, 3.63) is 216 Å². The largest absolute Gasteiger partial charge is 0.456 e. The highest BCUT2D eigenvalue weighted by atomic mass is 31.2. The van der Waals surface area contributed by atoms with Gasteiger partial charge in [0.1, 0.15) is 11.2 Å². The molecule has 2 unspecified atom stereocenters. The number of para-hydroxylation sites is 3. The van der Waals surface area contributed by atoms with E-state index >= 15 is 4.57 Å². The Balaban J connectivity index is 1.34. The number of fused-ring (bicyclic) bond motifs is 11. The lowest BCUT2D eigenvalue weighted by atomic mass is 9.61. The van der Waals surface area contributed by atoms with Crippen LogP contribution in [0, 0.1) is 6.92 Å². The van der Waals surface area contributed by atoms with Gasteiger partial charge in [-0.3, -0.25) is 0 Å². The molecule has 1 aromatic heterocycles. The van der Waals surface area contributed by atoms with Crippen LogP contribution in [0.25, 0.3) is 33.1 Å². The second-order valence-electron chi connectivity index (χ2n) is 14.5. The lowest BCUT2D eigenvalue weighted by Gasteiger charge is -2.50. The molecule has 4 heteroatoms. The number of hydrogen-bond donors (Lipinski definition) is 0. The van der Waals surface area contributed by atoms with Gasteiger partial charge in [-0.1, -0.05) is 151 Å². The molecule has 0 fully saturated rings. The van der Waals surface area contributed by atoms with Gasteiger partial charge >= 0.3 is 0 Å². The van der Waals surface area contributed by atoms with Crippen LogP contribution in [0.1, 0.15) is 27.8 Å². The lowest BCUT2D eigenvalue weighted by Crippen LogP contribution is -2.49. The van der Waals surface area contributed by atoms with E-state index in [4.69, 9.17) is 4.42 Å². The van der Waals surface area contributed by atoms with Crippen molar-refractivity contribution in [3.8, 4) is 11.1 Å². The molecule has 1 spiro atoms. The Morgan fingerprint density at radius 1 is 0.481 bits per heavy atom. The van der Waals surface area contributed by atoms with Gasteiger partial charge in [0.2, 0.25) is 0 Å². The van der Waals surface area contributed by atoms with Gasteiger partial charge < -0.3 is 13.9 Å². The number of anilines is 3. The first kappa shape index (κ1) is 31.1. The molecule has 3 heterocycles. The minimum atomic E-state index is -3.42. The number of benzene rings is 8. The van der Waals surface area contributed by atoms with Crippen LogP contribution in [0.4, 0.5) is 17.1 Å². The van der Waals surface area contributed by atoms with Crippen LogP contribution in [-0.4, -0.2) is 0 Å². The van der Waals surface area contributed by atoms with E-state index < -0.39 is 12.6 Å². The Kier molecular flexibility index (Phi) is 6.66. The number of rotatable bonds is 3. The van der Waals surface area contributed by atoms with E-state index in [9.17, 15) is 0 Å². The first-order valence-corrected chi connectivity index (χ1v) is 20.2. The Bertz CT molecular complexity index is 2980. The van der Waals surface area contributed by atoms with Gasteiger partial charge in [-0.2, -0.15) is 0 Å². The van der Waals surface area contributed by atoms with Crippen LogP contribution in [0.5, 0.6) is 0 Å². The van der Waals surface area contributed by atoms with E-state index in [0.717, 1.165) is 88.3 Å². The van der Waals surface area contributed by atoms with Crippen molar-refractivity contribution in [2.24, 2.45) is 0 Å². The summed E-state index contributed by atoms with van der Waals surface area (Å²) >= 11 is 0. The fourth-order valence-corrected chi connectivity index (χ4v) is 12.4. The summed E-state index contributed by atoms with van der Waals surface area (Å²) in [5.74, 6) is 0. The maximum atomic E-state index is 16.5. The van der Waals surface area contributed by atoms with Crippen molar-refractivity contribution >= 4 is 62.1 Å². The topological polar surface area (TPSA) is 33.5 Å². The Hall–Kier alpha value is -6.41. The standard InChI is InChI=1S/C50H34NO2P/c1-33-24-26-34(27-25-33)35-28-29-41-45(30-35)51(36-14-4-2-5-15-36)44-21-11-9-19-40(44)50(41)42-20-10-13-23-48(42)54(52,37-16-6-3-7-17-37)49-32-47-39(31-43(49)50)38-18-8-12-22-46(38)53-47/h2-32H,1H3. The molecular weight excluding hydrogens is 678 g/mol. The predicted molar refractivity (Wildman–Crippen MR) is 223 cm³/mol. The molecule has 54 heavy (non-hydrogen) atoms. The quantitative estimate of drug-likeness (QED) is 0.171. The zero-order valence-corrected chi connectivity index (χ0v) is 30.5. The molecule has 0 radical (unpaired) electrons. The highest BCUT2D eigenvalue weighted by Crippen LogP contribution is 2.63. The van der Waals surface area contributed by atoms with Crippen LogP contribution >= 0.6 is 7.14 Å². The van der Waals surface area contributed by atoms with E-state index in [2.05, 4.69) is 151 Å². The van der Waals surface area contributed by atoms with E-state index in [-0.39, 0.29) is 0 Å². The van der Waals surface area contributed by atoms with Gasteiger partial charge in [-0.15, -0.1) is 0 Å². The van der Waals surface area contributed by atoms with Gasteiger partial charge in [0.05, 0.1) is 16.8 Å². The Labute approximate surface area is 314 Å². The second-order valence-corrected chi connectivity index (χ2v) is 17.2. The maximum Gasteiger partial charge on any atom is 0.171 e. The molecule has 8 aromatic carbocycles. The van der Waals surface area contributed by atoms with Gasteiger partial charge in [-0.25, -0.2) is 0 Å². The van der Waals surface area contributed by atoms with Crippen molar-refractivity contribution in [3.63, 3.8) is 0 Å². The van der Waals surface area contributed by atoms with Crippen molar-refractivity contribution in [2.75, 3.05) is 4.90 Å². The molecule has 3 nitrogen and oxygen atoms in total.